The van der Waals surface area contributed by atoms with E-state index in [1.54, 1.807) is 12.4 Å². The maximum Gasteiger partial charge on any atom is 0.144 e. The molecule has 0 spiro atoms. The summed E-state index contributed by atoms with van der Waals surface area (Å²) in [5, 5.41) is 3.31. The summed E-state index contributed by atoms with van der Waals surface area (Å²) in [6, 6.07) is 0.502. The molecule has 1 unspecified atom stereocenters. The maximum absolute atomic E-state index is 5.43. The number of nitrogens with two attached hydrogens (primary N) is 1. The molecule has 0 amide bonds. The first-order valence-corrected chi connectivity index (χ1v) is 5.28. The number of anilines is 1. The summed E-state index contributed by atoms with van der Waals surface area (Å²) >= 11 is 4.80. The van der Waals surface area contributed by atoms with Crippen LogP contribution in [0.1, 0.15) is 26.0 Å². The van der Waals surface area contributed by atoms with E-state index in [-0.39, 0.29) is 4.99 Å². The number of nitrogens with zero attached hydrogens (tertiary/aromatic N) is 2. The highest BCUT2D eigenvalue weighted by molar-refractivity contribution is 7.80. The Hall–Kier alpha value is -1.23. The summed E-state index contributed by atoms with van der Waals surface area (Å²) in [5.41, 5.74) is 6.37. The van der Waals surface area contributed by atoms with Gasteiger partial charge in [-0.3, -0.25) is 0 Å². The molecule has 1 atom stereocenters. The van der Waals surface area contributed by atoms with E-state index in [2.05, 4.69) is 29.1 Å². The third kappa shape index (κ3) is 2.23. The Balaban J connectivity index is 2.02. The Morgan fingerprint density at radius 2 is 2.20 bits per heavy atom. The van der Waals surface area contributed by atoms with Gasteiger partial charge in [0, 0.05) is 6.04 Å². The van der Waals surface area contributed by atoms with Crippen LogP contribution in [-0.4, -0.2) is 21.0 Å². The van der Waals surface area contributed by atoms with Gasteiger partial charge in [0.15, 0.2) is 0 Å². The van der Waals surface area contributed by atoms with Crippen LogP contribution in [0.2, 0.25) is 0 Å². The van der Waals surface area contributed by atoms with E-state index in [4.69, 9.17) is 18.0 Å². The van der Waals surface area contributed by atoms with Crippen molar-refractivity contribution >= 4 is 23.0 Å². The first-order chi connectivity index (χ1) is 6.99. The minimum Gasteiger partial charge on any atom is -0.388 e. The van der Waals surface area contributed by atoms with Crippen molar-refractivity contribution in [1.29, 1.82) is 0 Å². The molecule has 0 aliphatic heterocycles. The van der Waals surface area contributed by atoms with Crippen LogP contribution in [0.4, 0.5) is 5.82 Å². The lowest BCUT2D eigenvalue weighted by atomic mass is 10.2. The molecular formula is C10H14N4S. The van der Waals surface area contributed by atoms with E-state index in [9.17, 15) is 0 Å². The SMILES string of the molecule is CC1(C)CC1Nc1cnc(C(N)=S)cn1. The van der Waals surface area contributed by atoms with E-state index < -0.39 is 0 Å². The highest BCUT2D eigenvalue weighted by atomic mass is 32.1. The molecule has 1 heterocycles. The fraction of sp³-hybridized carbons (Fsp3) is 0.500. The molecule has 5 heteroatoms. The number of hydrogen-bond acceptors (Lipinski definition) is 4. The van der Waals surface area contributed by atoms with E-state index in [0.29, 0.717) is 17.2 Å². The number of hydrogen-bond donors (Lipinski definition) is 2. The van der Waals surface area contributed by atoms with Gasteiger partial charge in [-0.05, 0) is 11.8 Å². The van der Waals surface area contributed by atoms with Crippen molar-refractivity contribution in [2.45, 2.75) is 26.3 Å². The summed E-state index contributed by atoms with van der Waals surface area (Å²) < 4.78 is 0. The first kappa shape index (κ1) is 10.3. The van der Waals surface area contributed by atoms with Gasteiger partial charge >= 0.3 is 0 Å². The molecule has 1 saturated carbocycles. The van der Waals surface area contributed by atoms with E-state index in [1.807, 2.05) is 0 Å². The summed E-state index contributed by atoms with van der Waals surface area (Å²) in [6.45, 7) is 4.45. The van der Waals surface area contributed by atoms with Gasteiger partial charge in [-0.2, -0.15) is 0 Å². The number of aromatic nitrogens is 2. The fourth-order valence-corrected chi connectivity index (χ4v) is 1.53. The Bertz CT molecular complexity index is 385. The molecule has 0 bridgehead atoms. The molecule has 1 fully saturated rings. The van der Waals surface area contributed by atoms with Gasteiger partial charge in [-0.25, -0.2) is 9.97 Å². The minimum atomic E-state index is 0.279. The maximum atomic E-state index is 5.43. The fourth-order valence-electron chi connectivity index (χ4n) is 1.42. The van der Waals surface area contributed by atoms with E-state index >= 15 is 0 Å². The molecule has 4 nitrogen and oxygen atoms in total. The molecule has 80 valence electrons. The Kier molecular flexibility index (Phi) is 2.34. The van der Waals surface area contributed by atoms with Gasteiger partial charge in [-0.15, -0.1) is 0 Å². The standard InChI is InChI=1S/C10H14N4S/c1-10(2)3-7(10)14-8-5-12-6(4-13-8)9(11)15/h4-5,7H,3H2,1-2H3,(H2,11,15)(H,13,14). The molecule has 0 saturated heterocycles. The summed E-state index contributed by atoms with van der Waals surface area (Å²) in [6.07, 6.45) is 4.44. The van der Waals surface area contributed by atoms with Gasteiger partial charge in [0.05, 0.1) is 12.4 Å². The van der Waals surface area contributed by atoms with E-state index in [0.717, 1.165) is 5.82 Å². The molecule has 0 radical (unpaired) electrons. The van der Waals surface area contributed by atoms with Gasteiger partial charge in [0.1, 0.15) is 16.5 Å². The molecule has 1 aromatic rings. The second kappa shape index (κ2) is 3.41. The molecule has 3 N–H and O–H groups in total. The lowest BCUT2D eigenvalue weighted by Crippen LogP contribution is -2.14. The van der Waals surface area contributed by atoms with Crippen molar-refractivity contribution in [2.24, 2.45) is 11.1 Å². The van der Waals surface area contributed by atoms with Crippen LogP contribution in [0, 0.1) is 5.41 Å². The second-order valence-electron chi connectivity index (χ2n) is 4.54. The molecular weight excluding hydrogens is 208 g/mol. The molecule has 0 aromatic carbocycles. The minimum absolute atomic E-state index is 0.279. The average molecular weight is 222 g/mol. The smallest absolute Gasteiger partial charge is 0.144 e. The Morgan fingerprint density at radius 1 is 1.53 bits per heavy atom. The van der Waals surface area contributed by atoms with Crippen LogP contribution in [0.15, 0.2) is 12.4 Å². The van der Waals surface area contributed by atoms with Crippen LogP contribution in [-0.2, 0) is 0 Å². The number of thiocarbonyl (C=S) groups is 1. The summed E-state index contributed by atoms with van der Waals surface area (Å²) in [4.78, 5) is 8.60. The second-order valence-corrected chi connectivity index (χ2v) is 4.98. The molecule has 1 aliphatic carbocycles. The van der Waals surface area contributed by atoms with Crippen LogP contribution < -0.4 is 11.1 Å². The predicted octanol–water partition coefficient (Wildman–Crippen LogP) is 1.32. The highest BCUT2D eigenvalue weighted by Crippen LogP contribution is 2.46. The quantitative estimate of drug-likeness (QED) is 0.755. The zero-order valence-corrected chi connectivity index (χ0v) is 9.64. The van der Waals surface area contributed by atoms with Crippen molar-refractivity contribution in [2.75, 3.05) is 5.32 Å². The zero-order valence-electron chi connectivity index (χ0n) is 8.82. The lowest BCUT2D eigenvalue weighted by Gasteiger charge is -2.06. The topological polar surface area (TPSA) is 63.8 Å². The van der Waals surface area contributed by atoms with Crippen LogP contribution >= 0.6 is 12.2 Å². The number of nitrogens with one attached hydrogen (secondary N) is 1. The normalized spacial score (nSPS) is 22.1. The van der Waals surface area contributed by atoms with Crippen molar-refractivity contribution in [3.63, 3.8) is 0 Å². The first-order valence-electron chi connectivity index (χ1n) is 4.87. The third-order valence-electron chi connectivity index (χ3n) is 2.74. The van der Waals surface area contributed by atoms with Gasteiger partial charge in [0.25, 0.3) is 0 Å². The van der Waals surface area contributed by atoms with Crippen molar-refractivity contribution in [3.8, 4) is 0 Å². The van der Waals surface area contributed by atoms with Gasteiger partial charge < -0.3 is 11.1 Å². The van der Waals surface area contributed by atoms with Gasteiger partial charge in [-0.1, -0.05) is 26.1 Å². The van der Waals surface area contributed by atoms with Crippen molar-refractivity contribution in [1.82, 2.24) is 9.97 Å². The summed E-state index contributed by atoms with van der Waals surface area (Å²) in [5.74, 6) is 0.783. The highest BCUT2D eigenvalue weighted by Gasteiger charge is 2.45. The largest absolute Gasteiger partial charge is 0.388 e. The van der Waals surface area contributed by atoms with Crippen LogP contribution in [0.25, 0.3) is 0 Å². The zero-order chi connectivity index (χ0) is 11.1. The number of rotatable bonds is 3. The molecule has 2 rings (SSSR count). The monoisotopic (exact) mass is 222 g/mol. The van der Waals surface area contributed by atoms with Gasteiger partial charge in [0.2, 0.25) is 0 Å². The average Bonchev–Trinajstić information content (AvgIpc) is 2.74. The van der Waals surface area contributed by atoms with E-state index in [1.165, 1.54) is 6.42 Å². The molecule has 15 heavy (non-hydrogen) atoms. The molecule has 1 aromatic heterocycles. The van der Waals surface area contributed by atoms with Crippen molar-refractivity contribution in [3.05, 3.63) is 18.1 Å². The van der Waals surface area contributed by atoms with Crippen molar-refractivity contribution < 1.29 is 0 Å². The van der Waals surface area contributed by atoms with Crippen LogP contribution in [0.5, 0.6) is 0 Å². The Morgan fingerprint density at radius 3 is 2.60 bits per heavy atom. The van der Waals surface area contributed by atoms with Crippen LogP contribution in [0.3, 0.4) is 0 Å². The molecule has 1 aliphatic rings. The summed E-state index contributed by atoms with van der Waals surface area (Å²) in [7, 11) is 0. The third-order valence-corrected chi connectivity index (χ3v) is 2.95. The predicted molar refractivity (Wildman–Crippen MR) is 63.7 cm³/mol. The lowest BCUT2D eigenvalue weighted by molar-refractivity contribution is 0.629. The Labute approximate surface area is 94.3 Å².